The molecule has 0 spiro atoms. The quantitative estimate of drug-likeness (QED) is 0.556. The van der Waals surface area contributed by atoms with Crippen LogP contribution >= 0.6 is 0 Å². The van der Waals surface area contributed by atoms with Crippen molar-refractivity contribution in [3.8, 4) is 0 Å². The second-order valence-electron chi connectivity index (χ2n) is 4.78. The maximum atomic E-state index is 4.50. The molecular weight excluding hydrogens is 248 g/mol. The van der Waals surface area contributed by atoms with Gasteiger partial charge in [0.15, 0.2) is 0 Å². The summed E-state index contributed by atoms with van der Waals surface area (Å²) in [5.41, 5.74) is 4.41. The summed E-state index contributed by atoms with van der Waals surface area (Å²) in [4.78, 5) is 4.50. The average Bonchev–Trinajstić information content (AvgIpc) is 2.91. The van der Waals surface area contributed by atoms with Gasteiger partial charge in [-0.15, -0.1) is 0 Å². The van der Waals surface area contributed by atoms with Gasteiger partial charge in [-0.3, -0.25) is 4.98 Å². The van der Waals surface area contributed by atoms with Gasteiger partial charge in [0.2, 0.25) is 0 Å². The average molecular weight is 260 g/mol. The molecule has 0 atom stereocenters. The Hall–Kier alpha value is -2.75. The first-order chi connectivity index (χ1) is 9.90. The van der Waals surface area contributed by atoms with Crippen LogP contribution in [0.5, 0.6) is 0 Å². The largest absolute Gasteiger partial charge is 0.256 e. The Morgan fingerprint density at radius 1 is 0.950 bits per heavy atom. The van der Waals surface area contributed by atoms with Crippen LogP contribution in [0.1, 0.15) is 11.1 Å². The normalized spacial score (nSPS) is 11.2. The van der Waals surface area contributed by atoms with Gasteiger partial charge in [-0.2, -0.15) is 14.8 Å². The topological polar surface area (TPSA) is 43.1 Å². The van der Waals surface area contributed by atoms with Gasteiger partial charge in [0.05, 0.1) is 17.2 Å². The van der Waals surface area contributed by atoms with Gasteiger partial charge >= 0.3 is 0 Å². The van der Waals surface area contributed by atoms with Gasteiger partial charge in [0, 0.05) is 29.8 Å². The zero-order valence-corrected chi connectivity index (χ0v) is 10.8. The van der Waals surface area contributed by atoms with E-state index in [0.717, 1.165) is 23.0 Å². The minimum absolute atomic E-state index is 0.813. The number of hydrogen-bond donors (Lipinski definition) is 0. The smallest absolute Gasteiger partial charge is 0.0908 e. The summed E-state index contributed by atoms with van der Waals surface area (Å²) in [6.45, 7) is 0. The molecule has 0 aliphatic rings. The SMILES string of the molecule is c1ccc2ncc(Cc3cnn4ncccc34)cc2c1. The molecule has 20 heavy (non-hydrogen) atoms. The maximum Gasteiger partial charge on any atom is 0.0908 e. The molecule has 3 aromatic heterocycles. The molecule has 1 aromatic carbocycles. The summed E-state index contributed by atoms with van der Waals surface area (Å²) < 4.78 is 1.66. The number of rotatable bonds is 2. The fourth-order valence-corrected chi connectivity index (χ4v) is 2.45. The van der Waals surface area contributed by atoms with Crippen molar-refractivity contribution in [2.24, 2.45) is 0 Å². The summed E-state index contributed by atoms with van der Waals surface area (Å²) in [5, 5.41) is 9.61. The molecule has 0 aliphatic heterocycles. The van der Waals surface area contributed by atoms with Crippen LogP contribution < -0.4 is 0 Å². The lowest BCUT2D eigenvalue weighted by Crippen LogP contribution is -1.93. The van der Waals surface area contributed by atoms with E-state index in [-0.39, 0.29) is 0 Å². The number of fused-ring (bicyclic) bond motifs is 2. The third-order valence-electron chi connectivity index (χ3n) is 3.43. The van der Waals surface area contributed by atoms with Crippen LogP contribution in [0.25, 0.3) is 16.4 Å². The number of benzene rings is 1. The molecular formula is C16H12N4. The van der Waals surface area contributed by atoms with Gasteiger partial charge in [0.1, 0.15) is 0 Å². The number of aromatic nitrogens is 4. The molecule has 4 heteroatoms. The molecule has 3 heterocycles. The van der Waals surface area contributed by atoms with E-state index in [9.17, 15) is 0 Å². The Morgan fingerprint density at radius 2 is 1.90 bits per heavy atom. The van der Waals surface area contributed by atoms with Crippen molar-refractivity contribution in [3.63, 3.8) is 0 Å². The Morgan fingerprint density at radius 3 is 2.90 bits per heavy atom. The molecule has 96 valence electrons. The van der Waals surface area contributed by atoms with Gasteiger partial charge in [-0.1, -0.05) is 18.2 Å². The van der Waals surface area contributed by atoms with Crippen molar-refractivity contribution in [2.45, 2.75) is 6.42 Å². The Bertz CT molecular complexity index is 895. The van der Waals surface area contributed by atoms with Gasteiger partial charge in [0.25, 0.3) is 0 Å². The molecule has 4 rings (SSSR count). The van der Waals surface area contributed by atoms with Crippen molar-refractivity contribution < 1.29 is 0 Å². The summed E-state index contributed by atoms with van der Waals surface area (Å²) in [7, 11) is 0. The van der Waals surface area contributed by atoms with E-state index in [2.05, 4.69) is 27.3 Å². The molecule has 0 saturated heterocycles. The van der Waals surface area contributed by atoms with Crippen LogP contribution in [-0.4, -0.2) is 19.8 Å². The standard InChI is InChI=1S/C16H12N4/c1-2-5-15-13(4-1)8-12(10-17-15)9-14-11-19-20-16(14)6-3-7-18-20/h1-8,10-11H,9H2. The predicted octanol–water partition coefficient (Wildman–Crippen LogP) is 2.87. The van der Waals surface area contributed by atoms with Gasteiger partial charge < -0.3 is 0 Å². The van der Waals surface area contributed by atoms with Crippen LogP contribution in [0.3, 0.4) is 0 Å². The van der Waals surface area contributed by atoms with Crippen LogP contribution in [0.2, 0.25) is 0 Å². The number of nitrogens with zero attached hydrogens (tertiary/aromatic N) is 4. The highest BCUT2D eigenvalue weighted by Gasteiger charge is 2.06. The maximum absolute atomic E-state index is 4.50. The van der Waals surface area contributed by atoms with Crippen molar-refractivity contribution in [2.75, 3.05) is 0 Å². The molecule has 0 bridgehead atoms. The lowest BCUT2D eigenvalue weighted by Gasteiger charge is -2.02. The zero-order valence-electron chi connectivity index (χ0n) is 10.8. The van der Waals surface area contributed by atoms with E-state index in [1.54, 1.807) is 10.8 Å². The second-order valence-corrected chi connectivity index (χ2v) is 4.78. The van der Waals surface area contributed by atoms with Crippen LogP contribution in [-0.2, 0) is 6.42 Å². The number of para-hydroxylation sites is 1. The van der Waals surface area contributed by atoms with E-state index in [0.29, 0.717) is 0 Å². The highest BCUT2D eigenvalue weighted by molar-refractivity contribution is 5.78. The summed E-state index contributed by atoms with van der Waals surface area (Å²) >= 11 is 0. The molecule has 4 nitrogen and oxygen atoms in total. The second kappa shape index (κ2) is 4.42. The lowest BCUT2D eigenvalue weighted by molar-refractivity contribution is 0.800. The summed E-state index contributed by atoms with van der Waals surface area (Å²) in [6.07, 6.45) is 6.36. The first-order valence-corrected chi connectivity index (χ1v) is 6.52. The molecule has 0 saturated carbocycles. The Kier molecular flexibility index (Phi) is 2.45. The monoisotopic (exact) mass is 260 g/mol. The van der Waals surface area contributed by atoms with Crippen molar-refractivity contribution in [1.82, 2.24) is 19.8 Å². The third-order valence-corrected chi connectivity index (χ3v) is 3.43. The van der Waals surface area contributed by atoms with E-state index >= 15 is 0 Å². The third kappa shape index (κ3) is 1.82. The summed E-state index contributed by atoms with van der Waals surface area (Å²) in [5.74, 6) is 0. The number of hydrogen-bond acceptors (Lipinski definition) is 3. The van der Waals surface area contributed by atoms with Crippen molar-refractivity contribution in [1.29, 1.82) is 0 Å². The Labute approximate surface area is 115 Å². The molecule has 0 N–H and O–H groups in total. The fourth-order valence-electron chi connectivity index (χ4n) is 2.45. The van der Waals surface area contributed by atoms with E-state index < -0.39 is 0 Å². The van der Waals surface area contributed by atoms with E-state index in [4.69, 9.17) is 0 Å². The molecule has 4 aromatic rings. The van der Waals surface area contributed by atoms with E-state index in [1.807, 2.05) is 42.7 Å². The highest BCUT2D eigenvalue weighted by atomic mass is 15.4. The van der Waals surface area contributed by atoms with Crippen molar-refractivity contribution >= 4 is 16.4 Å². The Balaban J connectivity index is 1.76. The summed E-state index contributed by atoms with van der Waals surface area (Å²) in [6, 6.07) is 14.3. The zero-order chi connectivity index (χ0) is 13.4. The van der Waals surface area contributed by atoms with E-state index in [1.165, 1.54) is 10.9 Å². The van der Waals surface area contributed by atoms with Crippen molar-refractivity contribution in [3.05, 3.63) is 72.2 Å². The van der Waals surface area contributed by atoms with Crippen LogP contribution in [0.15, 0.2) is 61.1 Å². The molecule has 0 radical (unpaired) electrons. The lowest BCUT2D eigenvalue weighted by atomic mass is 10.1. The predicted molar refractivity (Wildman–Crippen MR) is 77.5 cm³/mol. The minimum atomic E-state index is 0.813. The van der Waals surface area contributed by atoms with Gasteiger partial charge in [-0.25, -0.2) is 0 Å². The van der Waals surface area contributed by atoms with Gasteiger partial charge in [-0.05, 0) is 29.8 Å². The first kappa shape index (κ1) is 11.1. The molecule has 0 amide bonds. The minimum Gasteiger partial charge on any atom is -0.256 e. The van der Waals surface area contributed by atoms with Crippen LogP contribution in [0.4, 0.5) is 0 Å². The molecule has 0 fully saturated rings. The molecule has 0 unspecified atom stereocenters. The fraction of sp³-hybridized carbons (Fsp3) is 0.0625. The highest BCUT2D eigenvalue weighted by Crippen LogP contribution is 2.17. The first-order valence-electron chi connectivity index (χ1n) is 6.52. The molecule has 0 aliphatic carbocycles. The van der Waals surface area contributed by atoms with Crippen LogP contribution in [0, 0.1) is 0 Å². The number of pyridine rings is 1.